The summed E-state index contributed by atoms with van der Waals surface area (Å²) >= 11 is 0. The van der Waals surface area contributed by atoms with E-state index in [9.17, 15) is 37.9 Å². The van der Waals surface area contributed by atoms with Crippen LogP contribution in [0.2, 0.25) is 0 Å². The number of piperidine rings is 1. The van der Waals surface area contributed by atoms with Crippen LogP contribution < -0.4 is 10.6 Å². The summed E-state index contributed by atoms with van der Waals surface area (Å²) in [5.74, 6) is -1.91. The largest absolute Gasteiger partial charge is 0.417 e. The van der Waals surface area contributed by atoms with E-state index in [0.717, 1.165) is 17.2 Å². The molecule has 1 fully saturated rings. The third-order valence-corrected chi connectivity index (χ3v) is 9.30. The summed E-state index contributed by atoms with van der Waals surface area (Å²) < 4.78 is 41.2. The lowest BCUT2D eigenvalue weighted by Gasteiger charge is -2.40. The first-order chi connectivity index (χ1) is 24.8. The second kappa shape index (κ2) is 16.2. The molecule has 4 aromatic rings. The van der Waals surface area contributed by atoms with E-state index in [1.54, 1.807) is 53.4 Å². The van der Waals surface area contributed by atoms with Gasteiger partial charge in [-0.1, -0.05) is 54.6 Å². The number of nitriles is 1. The van der Waals surface area contributed by atoms with Crippen LogP contribution in [0.15, 0.2) is 97.1 Å². The van der Waals surface area contributed by atoms with Crippen molar-refractivity contribution >= 4 is 23.4 Å². The molecule has 0 radical (unpaired) electrons. The molecule has 1 saturated heterocycles. The van der Waals surface area contributed by atoms with Crippen LogP contribution in [0, 0.1) is 17.2 Å². The van der Waals surface area contributed by atoms with Gasteiger partial charge in [-0.2, -0.15) is 18.4 Å². The van der Waals surface area contributed by atoms with Gasteiger partial charge in [0.05, 0.1) is 17.2 Å². The van der Waals surface area contributed by atoms with Crippen molar-refractivity contribution in [3.05, 3.63) is 125 Å². The molecule has 5 rings (SSSR count). The number of hydrogen-bond donors (Lipinski definition) is 3. The first kappa shape index (κ1) is 37.7. The van der Waals surface area contributed by atoms with Crippen LogP contribution in [0.3, 0.4) is 0 Å². The Labute approximate surface area is 300 Å². The minimum Gasteiger partial charge on any atom is -0.379 e. The Kier molecular flexibility index (Phi) is 11.8. The fourth-order valence-corrected chi connectivity index (χ4v) is 6.41. The number of nitrogens with one attached hydrogen (secondary N) is 2. The van der Waals surface area contributed by atoms with Crippen LogP contribution in [-0.2, 0) is 17.4 Å². The number of likely N-dealkylation sites (N-methyl/N-ethyl adjacent to an activating group) is 1. The third-order valence-electron chi connectivity index (χ3n) is 9.30. The molecule has 1 aliphatic heterocycles. The summed E-state index contributed by atoms with van der Waals surface area (Å²) in [6.07, 6.45) is -4.48. The summed E-state index contributed by atoms with van der Waals surface area (Å²) in [4.78, 5) is 43.4. The van der Waals surface area contributed by atoms with Gasteiger partial charge in [0.1, 0.15) is 5.60 Å². The third kappa shape index (κ3) is 9.04. The van der Waals surface area contributed by atoms with Crippen molar-refractivity contribution in [1.29, 1.82) is 5.26 Å². The summed E-state index contributed by atoms with van der Waals surface area (Å²) in [5, 5.41) is 26.9. The molecule has 3 amide bonds. The minimum atomic E-state index is -4.84. The Morgan fingerprint density at radius 1 is 0.885 bits per heavy atom. The summed E-state index contributed by atoms with van der Waals surface area (Å²) in [6.45, 7) is 1.73. The number of carbonyl (C=O) groups is 3. The standard InChI is InChI=1S/C40H40F3N5O4/c1-47(2)22-19-45-36(49)29-13-11-28(12-14-29)31-10-6-7-27(23-31)25-39(52,33-17-20-48(21-18-33)37(50)30-8-4-3-5-9-30)38(51)46-34-16-15-32(26-44)35(24-34)40(41,42)43/h3-16,23-24,33,52H,17-22,25H2,1-2H3,(H,45,49)(H,46,51). The highest BCUT2D eigenvalue weighted by atomic mass is 19.4. The van der Waals surface area contributed by atoms with Gasteiger partial charge in [-0.15, -0.1) is 0 Å². The molecule has 12 heteroatoms. The van der Waals surface area contributed by atoms with Crippen molar-refractivity contribution in [2.24, 2.45) is 5.92 Å². The number of amides is 3. The number of carbonyl (C=O) groups excluding carboxylic acids is 3. The van der Waals surface area contributed by atoms with Gasteiger partial charge in [-0.25, -0.2) is 0 Å². The van der Waals surface area contributed by atoms with Crippen LogP contribution in [0.1, 0.15) is 50.2 Å². The van der Waals surface area contributed by atoms with E-state index in [-0.39, 0.29) is 49.9 Å². The predicted octanol–water partition coefficient (Wildman–Crippen LogP) is 6.00. The number of anilines is 1. The molecule has 0 spiro atoms. The second-order valence-electron chi connectivity index (χ2n) is 13.2. The van der Waals surface area contributed by atoms with Gasteiger partial charge in [0.25, 0.3) is 17.7 Å². The number of hydrogen-bond acceptors (Lipinski definition) is 6. The second-order valence-corrected chi connectivity index (χ2v) is 13.2. The van der Waals surface area contributed by atoms with Crippen molar-refractivity contribution < 1.29 is 32.7 Å². The highest BCUT2D eigenvalue weighted by Gasteiger charge is 2.46. The molecule has 270 valence electrons. The predicted molar refractivity (Wildman–Crippen MR) is 191 cm³/mol. The zero-order valence-corrected chi connectivity index (χ0v) is 28.9. The average molecular weight is 712 g/mol. The first-order valence-corrected chi connectivity index (χ1v) is 16.9. The van der Waals surface area contributed by atoms with Crippen LogP contribution in [0.4, 0.5) is 18.9 Å². The fraction of sp³-hybridized carbons (Fsp3) is 0.300. The Hall–Kier alpha value is -5.51. The number of benzene rings is 4. The average Bonchev–Trinajstić information content (AvgIpc) is 3.14. The molecule has 0 aromatic heterocycles. The number of rotatable bonds is 11. The maximum atomic E-state index is 14.0. The molecule has 4 aromatic carbocycles. The van der Waals surface area contributed by atoms with Crippen molar-refractivity contribution in [3.63, 3.8) is 0 Å². The molecule has 9 nitrogen and oxygen atoms in total. The van der Waals surface area contributed by atoms with Crippen molar-refractivity contribution in [2.45, 2.75) is 31.0 Å². The zero-order valence-electron chi connectivity index (χ0n) is 28.9. The molecule has 1 atom stereocenters. The van der Waals surface area contributed by atoms with Gasteiger partial charge in [0.15, 0.2) is 0 Å². The lowest BCUT2D eigenvalue weighted by Crippen LogP contribution is -2.54. The maximum absolute atomic E-state index is 14.0. The number of halogens is 3. The van der Waals surface area contributed by atoms with Crippen molar-refractivity contribution in [2.75, 3.05) is 45.6 Å². The van der Waals surface area contributed by atoms with Crippen LogP contribution in [0.5, 0.6) is 0 Å². The molecule has 3 N–H and O–H groups in total. The molecule has 0 saturated carbocycles. The van der Waals surface area contributed by atoms with E-state index >= 15 is 0 Å². The van der Waals surface area contributed by atoms with Crippen molar-refractivity contribution in [1.82, 2.24) is 15.1 Å². The smallest absolute Gasteiger partial charge is 0.379 e. The van der Waals surface area contributed by atoms with Gasteiger partial charge in [-0.3, -0.25) is 14.4 Å². The Morgan fingerprint density at radius 3 is 2.21 bits per heavy atom. The molecule has 1 aliphatic rings. The summed E-state index contributed by atoms with van der Waals surface area (Å²) in [6, 6.07) is 27.4. The molecule has 0 aliphatic carbocycles. The minimum absolute atomic E-state index is 0.168. The van der Waals surface area contributed by atoms with E-state index in [2.05, 4.69) is 10.6 Å². The normalized spacial score (nSPS) is 14.7. The highest BCUT2D eigenvalue weighted by Crippen LogP contribution is 2.36. The molecular formula is C40H40F3N5O4. The Balaban J connectivity index is 1.39. The van der Waals surface area contributed by atoms with Gasteiger partial charge in [0, 0.05) is 55.3 Å². The lowest BCUT2D eigenvalue weighted by atomic mass is 9.75. The lowest BCUT2D eigenvalue weighted by molar-refractivity contribution is -0.142. The molecular weight excluding hydrogens is 671 g/mol. The SMILES string of the molecule is CN(C)CCNC(=O)c1ccc(-c2cccc(CC(O)(C(=O)Nc3ccc(C#N)c(C(F)(F)F)c3)C3CCN(C(=O)c4ccccc4)CC3)c2)cc1. The number of alkyl halides is 3. The molecule has 1 unspecified atom stereocenters. The van der Waals surface area contributed by atoms with E-state index in [4.69, 9.17) is 0 Å². The Bertz CT molecular complexity index is 1940. The number of aliphatic hydroxyl groups is 1. The highest BCUT2D eigenvalue weighted by molar-refractivity contribution is 5.98. The number of likely N-dealkylation sites (tertiary alicyclic amines) is 1. The first-order valence-electron chi connectivity index (χ1n) is 16.9. The van der Waals surface area contributed by atoms with Gasteiger partial charge >= 0.3 is 6.18 Å². The van der Waals surface area contributed by atoms with Gasteiger partial charge in [-0.05, 0) is 86.1 Å². The van der Waals surface area contributed by atoms with Crippen LogP contribution >= 0.6 is 0 Å². The zero-order chi connectivity index (χ0) is 37.5. The molecule has 52 heavy (non-hydrogen) atoms. The van der Waals surface area contributed by atoms with Crippen LogP contribution in [0.25, 0.3) is 11.1 Å². The Morgan fingerprint density at radius 2 is 1.58 bits per heavy atom. The monoisotopic (exact) mass is 711 g/mol. The van der Waals surface area contributed by atoms with Gasteiger partial charge in [0.2, 0.25) is 0 Å². The van der Waals surface area contributed by atoms with Crippen molar-refractivity contribution in [3.8, 4) is 17.2 Å². The van der Waals surface area contributed by atoms with Gasteiger partial charge < -0.3 is 25.5 Å². The fourth-order valence-electron chi connectivity index (χ4n) is 6.41. The molecule has 1 heterocycles. The summed E-state index contributed by atoms with van der Waals surface area (Å²) in [7, 11) is 3.84. The van der Waals surface area contributed by atoms with Crippen LogP contribution in [-0.4, -0.2) is 78.5 Å². The van der Waals surface area contributed by atoms with E-state index < -0.39 is 34.7 Å². The maximum Gasteiger partial charge on any atom is 0.417 e. The van der Waals surface area contributed by atoms with E-state index in [1.165, 1.54) is 12.1 Å². The number of nitrogens with zero attached hydrogens (tertiary/aromatic N) is 3. The topological polar surface area (TPSA) is 126 Å². The quantitative estimate of drug-likeness (QED) is 0.175. The summed E-state index contributed by atoms with van der Waals surface area (Å²) in [5.41, 5.74) is -0.912. The van der Waals surface area contributed by atoms with E-state index in [1.807, 2.05) is 49.3 Å². The van der Waals surface area contributed by atoms with E-state index in [0.29, 0.717) is 35.8 Å². The molecule has 0 bridgehead atoms.